The van der Waals surface area contributed by atoms with E-state index in [1.165, 1.54) is 0 Å². The van der Waals surface area contributed by atoms with E-state index < -0.39 is 5.92 Å². The first-order valence-electron chi connectivity index (χ1n) is 6.29. The molecule has 2 aliphatic rings. The summed E-state index contributed by atoms with van der Waals surface area (Å²) >= 11 is 1.57. The molecule has 0 atom stereocenters. The van der Waals surface area contributed by atoms with Gasteiger partial charge >= 0.3 is 0 Å². The smallest absolute Gasteiger partial charge is 0.153 e. The summed E-state index contributed by atoms with van der Waals surface area (Å²) in [5.74, 6) is -1.40. The lowest BCUT2D eigenvalue weighted by atomic mass is 9.76. The molecular formula is C14H14O3S. The van der Waals surface area contributed by atoms with Crippen LogP contribution >= 0.6 is 11.3 Å². The van der Waals surface area contributed by atoms with Crippen molar-refractivity contribution in [2.75, 3.05) is 0 Å². The average molecular weight is 262 g/mol. The third-order valence-electron chi connectivity index (χ3n) is 3.75. The largest absolute Gasteiger partial charge is 0.298 e. The van der Waals surface area contributed by atoms with Crippen LogP contribution in [0.15, 0.2) is 17.5 Å². The molecule has 0 radical (unpaired) electrons. The standard InChI is InChI=1S/C14H14O3S/c15-10-6-9(12-2-1-5-18-12)7-11(16)13(10)14(17)8-3-4-8/h1-2,5,8-9,13H,3-4,6-7H2. The van der Waals surface area contributed by atoms with Crippen molar-refractivity contribution < 1.29 is 14.4 Å². The van der Waals surface area contributed by atoms with Crippen LogP contribution in [0.1, 0.15) is 36.5 Å². The Morgan fingerprint density at radius 1 is 1.17 bits per heavy atom. The molecule has 4 heteroatoms. The van der Waals surface area contributed by atoms with Gasteiger partial charge in [-0.05, 0) is 24.3 Å². The Morgan fingerprint density at radius 2 is 1.83 bits per heavy atom. The monoisotopic (exact) mass is 262 g/mol. The number of carbonyl (C=O) groups excluding carboxylic acids is 3. The normalized spacial score (nSPS) is 28.4. The Labute approximate surface area is 109 Å². The highest BCUT2D eigenvalue weighted by Gasteiger charge is 2.45. The van der Waals surface area contributed by atoms with Crippen molar-refractivity contribution in [3.05, 3.63) is 22.4 Å². The minimum atomic E-state index is -0.936. The first kappa shape index (κ1) is 11.8. The van der Waals surface area contributed by atoms with Gasteiger partial charge in [0.05, 0.1) is 0 Å². The summed E-state index contributed by atoms with van der Waals surface area (Å²) in [7, 11) is 0. The van der Waals surface area contributed by atoms with Gasteiger partial charge in [0.1, 0.15) is 5.92 Å². The van der Waals surface area contributed by atoms with Gasteiger partial charge in [-0.3, -0.25) is 14.4 Å². The molecule has 94 valence electrons. The molecule has 2 aliphatic carbocycles. The summed E-state index contributed by atoms with van der Waals surface area (Å²) in [6, 6.07) is 3.88. The van der Waals surface area contributed by atoms with Crippen molar-refractivity contribution in [2.45, 2.75) is 31.6 Å². The van der Waals surface area contributed by atoms with Gasteiger partial charge in [0.15, 0.2) is 17.3 Å². The molecule has 1 aromatic rings. The highest BCUT2D eigenvalue weighted by Crippen LogP contribution is 2.39. The van der Waals surface area contributed by atoms with Crippen molar-refractivity contribution in [2.24, 2.45) is 11.8 Å². The number of ketones is 3. The van der Waals surface area contributed by atoms with E-state index in [9.17, 15) is 14.4 Å². The minimum Gasteiger partial charge on any atom is -0.298 e. The Morgan fingerprint density at radius 3 is 2.33 bits per heavy atom. The molecule has 0 aromatic carbocycles. The fraction of sp³-hybridized carbons (Fsp3) is 0.500. The van der Waals surface area contributed by atoms with E-state index in [-0.39, 0.29) is 29.2 Å². The van der Waals surface area contributed by atoms with Crippen molar-refractivity contribution in [3.8, 4) is 0 Å². The van der Waals surface area contributed by atoms with Gasteiger partial charge in [-0.1, -0.05) is 6.07 Å². The molecule has 0 N–H and O–H groups in total. The van der Waals surface area contributed by atoms with Gasteiger partial charge in [0, 0.05) is 29.6 Å². The van der Waals surface area contributed by atoms with E-state index in [2.05, 4.69) is 0 Å². The van der Waals surface area contributed by atoms with Gasteiger partial charge in [0.2, 0.25) is 0 Å². The number of thiophene rings is 1. The molecule has 0 bridgehead atoms. The Kier molecular flexibility index (Phi) is 2.90. The van der Waals surface area contributed by atoms with Crippen molar-refractivity contribution in [1.29, 1.82) is 0 Å². The molecule has 0 saturated heterocycles. The fourth-order valence-corrected chi connectivity index (χ4v) is 3.45. The predicted octanol–water partition coefficient (Wildman–Crippen LogP) is 2.36. The lowest BCUT2D eigenvalue weighted by molar-refractivity contribution is -0.143. The molecule has 0 amide bonds. The lowest BCUT2D eigenvalue weighted by Crippen LogP contribution is -2.38. The summed E-state index contributed by atoms with van der Waals surface area (Å²) in [6.07, 6.45) is 2.39. The number of hydrogen-bond acceptors (Lipinski definition) is 4. The fourth-order valence-electron chi connectivity index (χ4n) is 2.62. The molecule has 3 rings (SSSR count). The van der Waals surface area contributed by atoms with E-state index >= 15 is 0 Å². The van der Waals surface area contributed by atoms with E-state index in [1.54, 1.807) is 11.3 Å². The van der Waals surface area contributed by atoms with Crippen LogP contribution in [0.2, 0.25) is 0 Å². The van der Waals surface area contributed by atoms with Crippen LogP contribution in [0, 0.1) is 11.8 Å². The van der Waals surface area contributed by atoms with E-state index in [0.29, 0.717) is 12.8 Å². The third-order valence-corrected chi connectivity index (χ3v) is 4.78. The number of Topliss-reactive ketones (excluding diaryl/α,β-unsaturated/α-hetero) is 3. The zero-order valence-electron chi connectivity index (χ0n) is 9.93. The van der Waals surface area contributed by atoms with Gasteiger partial charge in [-0.15, -0.1) is 11.3 Å². The van der Waals surface area contributed by atoms with Gasteiger partial charge in [-0.25, -0.2) is 0 Å². The predicted molar refractivity (Wildman–Crippen MR) is 67.5 cm³/mol. The first-order valence-corrected chi connectivity index (χ1v) is 7.17. The highest BCUT2D eigenvalue weighted by molar-refractivity contribution is 7.10. The molecule has 3 nitrogen and oxygen atoms in total. The van der Waals surface area contributed by atoms with Crippen LogP contribution in [-0.2, 0) is 14.4 Å². The minimum absolute atomic E-state index is 0.00625. The van der Waals surface area contributed by atoms with Crippen molar-refractivity contribution in [3.63, 3.8) is 0 Å². The molecule has 0 spiro atoms. The van der Waals surface area contributed by atoms with Crippen molar-refractivity contribution in [1.82, 2.24) is 0 Å². The molecule has 2 saturated carbocycles. The molecule has 0 aliphatic heterocycles. The van der Waals surface area contributed by atoms with Crippen LogP contribution in [-0.4, -0.2) is 17.3 Å². The maximum absolute atomic E-state index is 12.0. The van der Waals surface area contributed by atoms with Gasteiger partial charge < -0.3 is 0 Å². The zero-order valence-corrected chi connectivity index (χ0v) is 10.7. The SMILES string of the molecule is O=C1CC(c2cccs2)CC(=O)C1C(=O)C1CC1. The number of hydrogen-bond donors (Lipinski definition) is 0. The second kappa shape index (κ2) is 4.43. The molecule has 1 aromatic heterocycles. The zero-order chi connectivity index (χ0) is 12.7. The molecule has 1 heterocycles. The average Bonchev–Trinajstić information content (AvgIpc) is 3.03. The quantitative estimate of drug-likeness (QED) is 0.786. The summed E-state index contributed by atoms with van der Waals surface area (Å²) in [4.78, 5) is 37.1. The number of carbonyl (C=O) groups is 3. The molecular weight excluding hydrogens is 248 g/mol. The summed E-state index contributed by atoms with van der Waals surface area (Å²) < 4.78 is 0. The summed E-state index contributed by atoms with van der Waals surface area (Å²) in [6.45, 7) is 0. The third kappa shape index (κ3) is 2.05. The van der Waals surface area contributed by atoms with E-state index in [4.69, 9.17) is 0 Å². The van der Waals surface area contributed by atoms with Crippen LogP contribution in [0.3, 0.4) is 0 Å². The second-order valence-corrected chi connectivity index (χ2v) is 6.14. The van der Waals surface area contributed by atoms with Crippen LogP contribution < -0.4 is 0 Å². The molecule has 0 unspecified atom stereocenters. The van der Waals surface area contributed by atoms with Crippen molar-refractivity contribution >= 4 is 28.7 Å². The number of rotatable bonds is 3. The second-order valence-electron chi connectivity index (χ2n) is 5.16. The maximum atomic E-state index is 12.0. The maximum Gasteiger partial charge on any atom is 0.153 e. The van der Waals surface area contributed by atoms with Crippen LogP contribution in [0.4, 0.5) is 0 Å². The van der Waals surface area contributed by atoms with Gasteiger partial charge in [0.25, 0.3) is 0 Å². The Balaban J connectivity index is 1.77. The highest BCUT2D eigenvalue weighted by atomic mass is 32.1. The Hall–Kier alpha value is -1.29. The lowest BCUT2D eigenvalue weighted by Gasteiger charge is -2.24. The van der Waals surface area contributed by atoms with Crippen LogP contribution in [0.5, 0.6) is 0 Å². The summed E-state index contributed by atoms with van der Waals surface area (Å²) in [5.41, 5.74) is 0. The van der Waals surface area contributed by atoms with Gasteiger partial charge in [-0.2, -0.15) is 0 Å². The first-order chi connectivity index (χ1) is 8.66. The molecule has 2 fully saturated rings. The van der Waals surface area contributed by atoms with E-state index in [1.807, 2.05) is 17.5 Å². The summed E-state index contributed by atoms with van der Waals surface area (Å²) in [5, 5.41) is 1.95. The van der Waals surface area contributed by atoms with Crippen LogP contribution in [0.25, 0.3) is 0 Å². The Bertz CT molecular complexity index is 481. The molecule has 18 heavy (non-hydrogen) atoms. The topological polar surface area (TPSA) is 51.2 Å². The van der Waals surface area contributed by atoms with E-state index in [0.717, 1.165) is 17.7 Å².